The van der Waals surface area contributed by atoms with E-state index in [9.17, 15) is 0 Å². The highest BCUT2D eigenvalue weighted by atomic mass is 79.9. The van der Waals surface area contributed by atoms with Crippen molar-refractivity contribution in [2.45, 2.75) is 20.4 Å². The van der Waals surface area contributed by atoms with Crippen LogP contribution in [-0.2, 0) is 6.54 Å². The molecule has 0 saturated carbocycles. The normalized spacial score (nSPS) is 10.3. The first-order chi connectivity index (χ1) is 8.15. The van der Waals surface area contributed by atoms with Gasteiger partial charge in [-0.3, -0.25) is 0 Å². The lowest BCUT2D eigenvalue weighted by molar-refractivity contribution is 1.09. The Hall–Kier alpha value is -1.35. The highest BCUT2D eigenvalue weighted by molar-refractivity contribution is 9.10. The number of benzene rings is 1. The van der Waals surface area contributed by atoms with Gasteiger partial charge < -0.3 is 5.32 Å². The smallest absolute Gasteiger partial charge is 0.140 e. The van der Waals surface area contributed by atoms with Gasteiger partial charge in [-0.2, -0.15) is 0 Å². The molecule has 0 unspecified atom stereocenters. The average Bonchev–Trinajstić information content (AvgIpc) is 2.28. The molecule has 0 spiro atoms. The largest absolute Gasteiger partial charge is 0.365 e. The third kappa shape index (κ3) is 3.30. The van der Waals surface area contributed by atoms with E-state index in [4.69, 9.17) is 0 Å². The Kier molecular flexibility index (Phi) is 3.79. The van der Waals surface area contributed by atoms with Gasteiger partial charge in [-0.25, -0.2) is 4.98 Å². The van der Waals surface area contributed by atoms with Crippen LogP contribution in [0.1, 0.15) is 16.7 Å². The second-order valence-electron chi connectivity index (χ2n) is 4.19. The van der Waals surface area contributed by atoms with Gasteiger partial charge in [-0.15, -0.1) is 0 Å². The predicted molar refractivity (Wildman–Crippen MR) is 75.2 cm³/mol. The molecular weight excluding hydrogens is 276 g/mol. The zero-order valence-corrected chi connectivity index (χ0v) is 11.6. The van der Waals surface area contributed by atoms with Crippen molar-refractivity contribution in [1.29, 1.82) is 0 Å². The predicted octanol–water partition coefficient (Wildman–Crippen LogP) is 4.07. The number of rotatable bonds is 3. The van der Waals surface area contributed by atoms with E-state index in [1.807, 2.05) is 13.1 Å². The number of hydrogen-bond donors (Lipinski definition) is 1. The Bertz CT molecular complexity index is 523. The molecule has 1 heterocycles. The summed E-state index contributed by atoms with van der Waals surface area (Å²) in [7, 11) is 0. The van der Waals surface area contributed by atoms with Crippen molar-refractivity contribution in [2.75, 3.05) is 5.32 Å². The van der Waals surface area contributed by atoms with E-state index < -0.39 is 0 Å². The van der Waals surface area contributed by atoms with E-state index >= 15 is 0 Å². The fourth-order valence-corrected chi connectivity index (χ4v) is 2.28. The van der Waals surface area contributed by atoms with Crippen LogP contribution >= 0.6 is 15.9 Å². The minimum atomic E-state index is 0.788. The first kappa shape index (κ1) is 12.1. The summed E-state index contributed by atoms with van der Waals surface area (Å²) in [4.78, 5) is 4.36. The van der Waals surface area contributed by atoms with Gasteiger partial charge in [-0.05, 0) is 47.0 Å². The molecule has 0 aliphatic carbocycles. The van der Waals surface area contributed by atoms with Crippen molar-refractivity contribution < 1.29 is 0 Å². The lowest BCUT2D eigenvalue weighted by atomic mass is 10.1. The molecule has 88 valence electrons. The van der Waals surface area contributed by atoms with E-state index in [-0.39, 0.29) is 0 Å². The summed E-state index contributed by atoms with van der Waals surface area (Å²) in [6, 6.07) is 10.5. The molecule has 1 N–H and O–H groups in total. The number of anilines is 1. The van der Waals surface area contributed by atoms with E-state index in [1.165, 1.54) is 11.1 Å². The molecule has 3 heteroatoms. The fraction of sp³-hybridized carbons (Fsp3) is 0.214. The lowest BCUT2D eigenvalue weighted by Crippen LogP contribution is -2.02. The Morgan fingerprint density at radius 1 is 1.18 bits per heavy atom. The van der Waals surface area contributed by atoms with Crippen LogP contribution in [0.25, 0.3) is 0 Å². The number of aromatic nitrogens is 1. The van der Waals surface area contributed by atoms with Crippen molar-refractivity contribution in [3.8, 4) is 0 Å². The van der Waals surface area contributed by atoms with E-state index in [0.29, 0.717) is 0 Å². The zero-order chi connectivity index (χ0) is 12.3. The summed E-state index contributed by atoms with van der Waals surface area (Å²) in [5, 5.41) is 3.33. The number of aryl methyl sites for hydroxylation is 2. The third-order valence-corrected chi connectivity index (χ3v) is 3.12. The van der Waals surface area contributed by atoms with Gasteiger partial charge in [0.15, 0.2) is 0 Å². The minimum Gasteiger partial charge on any atom is -0.365 e. The van der Waals surface area contributed by atoms with Crippen LogP contribution in [0, 0.1) is 13.8 Å². The van der Waals surface area contributed by atoms with Crippen LogP contribution in [-0.4, -0.2) is 4.98 Å². The van der Waals surface area contributed by atoms with Crippen LogP contribution in [0.15, 0.2) is 41.0 Å². The number of halogens is 1. The van der Waals surface area contributed by atoms with Crippen LogP contribution in [0.3, 0.4) is 0 Å². The summed E-state index contributed by atoms with van der Waals surface area (Å²) >= 11 is 3.51. The van der Waals surface area contributed by atoms with E-state index in [1.54, 1.807) is 0 Å². The Labute approximate surface area is 110 Å². The molecular formula is C14H15BrN2. The van der Waals surface area contributed by atoms with Gasteiger partial charge in [-0.1, -0.05) is 29.8 Å². The summed E-state index contributed by atoms with van der Waals surface area (Å²) in [6.07, 6.45) is 1.86. The van der Waals surface area contributed by atoms with Crippen LogP contribution in [0.4, 0.5) is 5.82 Å². The molecule has 1 aromatic heterocycles. The summed E-state index contributed by atoms with van der Waals surface area (Å²) in [5.74, 6) is 0.886. The maximum atomic E-state index is 4.36. The standard InChI is InChI=1S/C14H15BrN2/c1-10-4-3-5-12(6-10)9-17-14-13(15)7-11(2)8-16-14/h3-8H,9H2,1-2H3,(H,16,17). The second kappa shape index (κ2) is 5.32. The highest BCUT2D eigenvalue weighted by Gasteiger charge is 2.01. The van der Waals surface area contributed by atoms with Crippen LogP contribution in [0.5, 0.6) is 0 Å². The number of nitrogens with one attached hydrogen (secondary N) is 1. The number of hydrogen-bond acceptors (Lipinski definition) is 2. The number of pyridine rings is 1. The van der Waals surface area contributed by atoms with Crippen molar-refractivity contribution in [3.05, 3.63) is 57.7 Å². The first-order valence-electron chi connectivity index (χ1n) is 5.57. The zero-order valence-electron chi connectivity index (χ0n) is 10.00. The van der Waals surface area contributed by atoms with Gasteiger partial charge in [0.25, 0.3) is 0 Å². The maximum Gasteiger partial charge on any atom is 0.140 e. The molecule has 0 radical (unpaired) electrons. The quantitative estimate of drug-likeness (QED) is 0.922. The maximum absolute atomic E-state index is 4.36. The molecule has 0 aliphatic heterocycles. The van der Waals surface area contributed by atoms with Gasteiger partial charge in [0.1, 0.15) is 5.82 Å². The first-order valence-corrected chi connectivity index (χ1v) is 6.36. The van der Waals surface area contributed by atoms with Crippen LogP contribution < -0.4 is 5.32 Å². The van der Waals surface area contributed by atoms with E-state index in [0.717, 1.165) is 22.4 Å². The summed E-state index contributed by atoms with van der Waals surface area (Å²) in [5.41, 5.74) is 3.69. The molecule has 0 saturated heterocycles. The molecule has 0 amide bonds. The SMILES string of the molecule is Cc1cccc(CNc2ncc(C)cc2Br)c1. The van der Waals surface area contributed by atoms with Crippen molar-refractivity contribution in [2.24, 2.45) is 0 Å². The molecule has 2 nitrogen and oxygen atoms in total. The highest BCUT2D eigenvalue weighted by Crippen LogP contribution is 2.21. The monoisotopic (exact) mass is 290 g/mol. The van der Waals surface area contributed by atoms with Gasteiger partial charge in [0, 0.05) is 12.7 Å². The Balaban J connectivity index is 2.07. The molecule has 0 aliphatic rings. The van der Waals surface area contributed by atoms with Crippen molar-refractivity contribution in [3.63, 3.8) is 0 Å². The molecule has 0 atom stereocenters. The van der Waals surface area contributed by atoms with Crippen molar-refractivity contribution in [1.82, 2.24) is 4.98 Å². The summed E-state index contributed by atoms with van der Waals surface area (Å²) in [6.45, 7) is 4.92. The van der Waals surface area contributed by atoms with E-state index in [2.05, 4.69) is 63.5 Å². The lowest BCUT2D eigenvalue weighted by Gasteiger charge is -2.08. The Morgan fingerprint density at radius 2 is 2.00 bits per heavy atom. The topological polar surface area (TPSA) is 24.9 Å². The number of nitrogens with zero attached hydrogens (tertiary/aromatic N) is 1. The molecule has 0 fully saturated rings. The molecule has 17 heavy (non-hydrogen) atoms. The van der Waals surface area contributed by atoms with Gasteiger partial charge in [0.05, 0.1) is 4.47 Å². The second-order valence-corrected chi connectivity index (χ2v) is 5.04. The molecule has 2 rings (SSSR count). The van der Waals surface area contributed by atoms with Crippen LogP contribution in [0.2, 0.25) is 0 Å². The van der Waals surface area contributed by atoms with Gasteiger partial charge in [0.2, 0.25) is 0 Å². The third-order valence-electron chi connectivity index (χ3n) is 2.52. The van der Waals surface area contributed by atoms with Crippen molar-refractivity contribution >= 4 is 21.7 Å². The molecule has 0 bridgehead atoms. The fourth-order valence-electron chi connectivity index (χ4n) is 1.67. The molecule has 1 aromatic carbocycles. The summed E-state index contributed by atoms with van der Waals surface area (Å²) < 4.78 is 1.00. The Morgan fingerprint density at radius 3 is 2.71 bits per heavy atom. The molecule has 2 aromatic rings. The van der Waals surface area contributed by atoms with Gasteiger partial charge >= 0.3 is 0 Å². The minimum absolute atomic E-state index is 0.788. The average molecular weight is 291 g/mol.